The number of aryl methyl sites for hydroxylation is 1. The number of nitrogens with zero attached hydrogens (tertiary/aromatic N) is 3. The first kappa shape index (κ1) is 23.9. The summed E-state index contributed by atoms with van der Waals surface area (Å²) >= 11 is 1.28. The summed E-state index contributed by atoms with van der Waals surface area (Å²) in [4.78, 5) is 30.5. The van der Waals surface area contributed by atoms with Crippen LogP contribution < -0.4 is 24.4 Å². The van der Waals surface area contributed by atoms with Crippen LogP contribution in [-0.2, 0) is 6.42 Å². The Morgan fingerprint density at radius 3 is 2.68 bits per heavy atom. The lowest BCUT2D eigenvalue weighted by molar-refractivity contribution is -0.385. The van der Waals surface area contributed by atoms with Crippen molar-refractivity contribution in [3.63, 3.8) is 0 Å². The number of benzene rings is 3. The average molecular weight is 526 g/mol. The molecule has 0 bridgehead atoms. The molecule has 4 aromatic rings. The summed E-state index contributed by atoms with van der Waals surface area (Å²) in [6.45, 7) is 0. The zero-order valence-corrected chi connectivity index (χ0v) is 21.5. The van der Waals surface area contributed by atoms with Gasteiger partial charge in [0.2, 0.25) is 0 Å². The number of rotatable bonds is 5. The van der Waals surface area contributed by atoms with Crippen molar-refractivity contribution in [2.75, 3.05) is 14.2 Å². The highest BCUT2D eigenvalue weighted by atomic mass is 32.1. The van der Waals surface area contributed by atoms with Gasteiger partial charge in [-0.05, 0) is 59.4 Å². The van der Waals surface area contributed by atoms with E-state index in [4.69, 9.17) is 14.5 Å². The molecule has 0 saturated carbocycles. The van der Waals surface area contributed by atoms with Gasteiger partial charge in [0.05, 0.1) is 35.4 Å². The van der Waals surface area contributed by atoms with Crippen LogP contribution in [0.1, 0.15) is 34.7 Å². The number of nitro benzene ring substituents is 1. The van der Waals surface area contributed by atoms with Gasteiger partial charge in [0, 0.05) is 11.6 Å². The predicted octanol–water partition coefficient (Wildman–Crippen LogP) is 4.24. The number of allylic oxidation sites excluding steroid dienone is 1. The minimum atomic E-state index is -0.494. The molecule has 1 aliphatic carbocycles. The Hall–Kier alpha value is -4.50. The summed E-state index contributed by atoms with van der Waals surface area (Å²) < 4.78 is 12.8. The number of ether oxygens (including phenoxy) is 2. The van der Waals surface area contributed by atoms with E-state index >= 15 is 0 Å². The lowest BCUT2D eigenvalue weighted by atomic mass is 9.83. The minimum absolute atomic E-state index is 0.157. The second-order valence-corrected chi connectivity index (χ2v) is 10.1. The zero-order chi connectivity index (χ0) is 26.4. The monoisotopic (exact) mass is 525 g/mol. The molecule has 190 valence electrons. The summed E-state index contributed by atoms with van der Waals surface area (Å²) in [6, 6.07) is 20.4. The van der Waals surface area contributed by atoms with Gasteiger partial charge in [0.15, 0.2) is 10.6 Å². The number of hydrogen-bond donors (Lipinski definition) is 0. The van der Waals surface area contributed by atoms with E-state index in [9.17, 15) is 14.9 Å². The number of hydrogen-bond acceptors (Lipinski definition) is 7. The fourth-order valence-electron chi connectivity index (χ4n) is 5.22. The highest BCUT2D eigenvalue weighted by Gasteiger charge is 2.32. The predicted molar refractivity (Wildman–Crippen MR) is 145 cm³/mol. The zero-order valence-electron chi connectivity index (χ0n) is 20.7. The molecule has 3 aromatic carbocycles. The molecule has 0 saturated heterocycles. The van der Waals surface area contributed by atoms with Gasteiger partial charge in [-0.2, -0.15) is 0 Å². The Morgan fingerprint density at radius 1 is 1.05 bits per heavy atom. The van der Waals surface area contributed by atoms with E-state index in [1.54, 1.807) is 23.8 Å². The number of fused-ring (bicyclic) bond motifs is 3. The van der Waals surface area contributed by atoms with E-state index in [2.05, 4.69) is 12.1 Å². The Bertz CT molecular complexity index is 1820. The van der Waals surface area contributed by atoms with Crippen LogP contribution in [0.5, 0.6) is 11.5 Å². The summed E-state index contributed by atoms with van der Waals surface area (Å²) in [6.07, 6.45) is 3.33. The largest absolute Gasteiger partial charge is 0.497 e. The molecule has 0 spiro atoms. The van der Waals surface area contributed by atoms with Gasteiger partial charge in [0.1, 0.15) is 5.75 Å². The Labute approximate surface area is 221 Å². The second-order valence-electron chi connectivity index (χ2n) is 9.08. The molecule has 1 atom stereocenters. The minimum Gasteiger partial charge on any atom is -0.497 e. The lowest BCUT2D eigenvalue weighted by Gasteiger charge is -2.31. The maximum Gasteiger partial charge on any atom is 0.311 e. The molecule has 9 heteroatoms. The SMILES string of the molecule is COc1cccc(C2C3=C(N=c4sc(=Cc5ccc(OC)c([N+](=O)[O-])c5)c(=O)n42)c2ccccc2CC3)c1. The maximum atomic E-state index is 13.9. The van der Waals surface area contributed by atoms with Crippen molar-refractivity contribution >= 4 is 28.8 Å². The van der Waals surface area contributed by atoms with E-state index in [0.717, 1.165) is 35.2 Å². The number of nitro groups is 1. The summed E-state index contributed by atoms with van der Waals surface area (Å²) in [5.41, 5.74) is 5.46. The topological polar surface area (TPSA) is 96.0 Å². The van der Waals surface area contributed by atoms with Crippen LogP contribution >= 0.6 is 11.3 Å². The third-order valence-electron chi connectivity index (χ3n) is 6.98. The summed E-state index contributed by atoms with van der Waals surface area (Å²) in [5, 5.41) is 11.5. The molecule has 8 nitrogen and oxygen atoms in total. The fourth-order valence-corrected chi connectivity index (χ4v) is 6.23. The quantitative estimate of drug-likeness (QED) is 0.287. The van der Waals surface area contributed by atoms with Crippen molar-refractivity contribution in [1.29, 1.82) is 0 Å². The summed E-state index contributed by atoms with van der Waals surface area (Å²) in [7, 11) is 3.01. The third-order valence-corrected chi connectivity index (χ3v) is 7.96. The number of thiazole rings is 1. The summed E-state index contributed by atoms with van der Waals surface area (Å²) in [5.74, 6) is 0.878. The van der Waals surface area contributed by atoms with Gasteiger partial charge in [-0.3, -0.25) is 19.5 Å². The van der Waals surface area contributed by atoms with Crippen LogP contribution in [0.25, 0.3) is 11.8 Å². The molecule has 0 radical (unpaired) electrons. The molecule has 2 heterocycles. The highest BCUT2D eigenvalue weighted by Crippen LogP contribution is 2.41. The molecule has 6 rings (SSSR count). The second kappa shape index (κ2) is 9.42. The molecular weight excluding hydrogens is 502 g/mol. The first-order valence-corrected chi connectivity index (χ1v) is 12.9. The van der Waals surface area contributed by atoms with Crippen LogP contribution in [0, 0.1) is 10.1 Å². The first-order valence-electron chi connectivity index (χ1n) is 12.1. The van der Waals surface area contributed by atoms with Crippen LogP contribution in [0.4, 0.5) is 5.69 Å². The van der Waals surface area contributed by atoms with Gasteiger partial charge in [0.25, 0.3) is 5.56 Å². The van der Waals surface area contributed by atoms with E-state index < -0.39 is 4.92 Å². The van der Waals surface area contributed by atoms with Gasteiger partial charge in [-0.1, -0.05) is 53.8 Å². The van der Waals surface area contributed by atoms with Crippen LogP contribution in [0.2, 0.25) is 0 Å². The molecule has 2 aliphatic rings. The Balaban J connectivity index is 1.59. The smallest absolute Gasteiger partial charge is 0.311 e. The molecule has 1 aromatic heterocycles. The van der Waals surface area contributed by atoms with Crippen molar-refractivity contribution < 1.29 is 14.4 Å². The van der Waals surface area contributed by atoms with Gasteiger partial charge >= 0.3 is 5.69 Å². The van der Waals surface area contributed by atoms with Gasteiger partial charge in [-0.25, -0.2) is 4.99 Å². The van der Waals surface area contributed by atoms with Crippen LogP contribution in [-0.4, -0.2) is 23.7 Å². The first-order chi connectivity index (χ1) is 18.5. The van der Waals surface area contributed by atoms with E-state index in [0.29, 0.717) is 20.6 Å². The third kappa shape index (κ3) is 3.92. The number of methoxy groups -OCH3 is 2. The molecule has 0 N–H and O–H groups in total. The normalized spacial score (nSPS) is 16.3. The van der Waals surface area contributed by atoms with Crippen LogP contribution in [0.15, 0.2) is 82.1 Å². The van der Waals surface area contributed by atoms with Crippen molar-refractivity contribution in [3.05, 3.63) is 124 Å². The van der Waals surface area contributed by atoms with Gasteiger partial charge in [-0.15, -0.1) is 0 Å². The Morgan fingerprint density at radius 2 is 1.89 bits per heavy atom. The van der Waals surface area contributed by atoms with Crippen LogP contribution in [0.3, 0.4) is 0 Å². The Kier molecular flexibility index (Phi) is 5.92. The molecule has 1 aliphatic heterocycles. The fraction of sp³-hybridized carbons (Fsp3) is 0.172. The van der Waals surface area contributed by atoms with E-state index in [1.807, 2.05) is 36.4 Å². The molecular formula is C29H23N3O5S. The molecule has 0 amide bonds. The van der Waals surface area contributed by atoms with E-state index in [-0.39, 0.29) is 23.0 Å². The molecule has 0 fully saturated rings. The standard InChI is InChI=1S/C29H23N3O5S/c1-36-20-8-5-7-19(16-20)27-22-12-11-18-6-3-4-9-21(18)26(22)30-29-31(27)28(33)25(38-29)15-17-10-13-24(37-2)23(14-17)32(34)35/h3-10,13-16,27H,11-12H2,1-2H3. The van der Waals surface area contributed by atoms with E-state index in [1.165, 1.54) is 36.1 Å². The highest BCUT2D eigenvalue weighted by molar-refractivity contribution is 7.07. The van der Waals surface area contributed by atoms with Gasteiger partial charge < -0.3 is 9.47 Å². The van der Waals surface area contributed by atoms with Crippen molar-refractivity contribution in [2.45, 2.75) is 18.9 Å². The van der Waals surface area contributed by atoms with Crippen molar-refractivity contribution in [2.24, 2.45) is 4.99 Å². The molecule has 38 heavy (non-hydrogen) atoms. The number of aromatic nitrogens is 1. The average Bonchev–Trinajstić information content (AvgIpc) is 3.25. The van der Waals surface area contributed by atoms with Crippen molar-refractivity contribution in [3.8, 4) is 11.5 Å². The maximum absolute atomic E-state index is 13.9. The lowest BCUT2D eigenvalue weighted by Crippen LogP contribution is -2.38. The molecule has 1 unspecified atom stereocenters. The van der Waals surface area contributed by atoms with Crippen molar-refractivity contribution in [1.82, 2.24) is 4.57 Å².